The Balaban J connectivity index is 2.52. The molecule has 7 heteroatoms. The van der Waals surface area contributed by atoms with Gasteiger partial charge in [0, 0.05) is 19.4 Å². The normalized spacial score (nSPS) is 10.7. The van der Waals surface area contributed by atoms with E-state index in [-0.39, 0.29) is 60.6 Å². The Hall–Kier alpha value is -2.57. The van der Waals surface area contributed by atoms with E-state index < -0.39 is 0 Å². The Labute approximate surface area is 154 Å². The first-order chi connectivity index (χ1) is 12.2. The highest BCUT2D eigenvalue weighted by atomic mass is 16.5. The third kappa shape index (κ3) is 8.00. The number of esters is 1. The number of phenolic OH excluding ortho intramolecular Hbond substituents is 1. The number of amides is 2. The maximum atomic E-state index is 12.0. The number of anilines is 1. The average Bonchev–Trinajstić information content (AvgIpc) is 2.54. The summed E-state index contributed by atoms with van der Waals surface area (Å²) in [5, 5.41) is 15.1. The molecular weight excluding hydrogens is 336 g/mol. The number of hydrogen-bond acceptors (Lipinski definition) is 5. The standard InChI is InChI=1S/C19H28N2O5/c1-12(2)9-18(24)20-8-7-17(23)21-15-10-14(5-6-16(15)22)11-26-19(25)13(3)4/h5-6,10,12-13,22H,7-9,11H2,1-4H3,(H,20,24)(H,21,23). The molecule has 0 aromatic heterocycles. The van der Waals surface area contributed by atoms with E-state index in [1.807, 2.05) is 13.8 Å². The second-order valence-electron chi connectivity index (χ2n) is 6.86. The number of phenols is 1. The molecule has 0 saturated carbocycles. The highest BCUT2D eigenvalue weighted by Crippen LogP contribution is 2.24. The fraction of sp³-hybridized carbons (Fsp3) is 0.526. The molecule has 144 valence electrons. The molecule has 0 radical (unpaired) electrons. The largest absolute Gasteiger partial charge is 0.506 e. The fourth-order valence-corrected chi connectivity index (χ4v) is 2.07. The van der Waals surface area contributed by atoms with Crippen molar-refractivity contribution < 1.29 is 24.2 Å². The van der Waals surface area contributed by atoms with E-state index in [1.54, 1.807) is 26.0 Å². The average molecular weight is 364 g/mol. The molecule has 1 rings (SSSR count). The van der Waals surface area contributed by atoms with Crippen LogP contribution in [-0.2, 0) is 25.7 Å². The molecule has 0 bridgehead atoms. The van der Waals surface area contributed by atoms with Gasteiger partial charge in [0.05, 0.1) is 11.6 Å². The van der Waals surface area contributed by atoms with Crippen LogP contribution < -0.4 is 10.6 Å². The van der Waals surface area contributed by atoms with Gasteiger partial charge >= 0.3 is 5.97 Å². The van der Waals surface area contributed by atoms with Crippen LogP contribution >= 0.6 is 0 Å². The Morgan fingerprint density at radius 3 is 2.42 bits per heavy atom. The van der Waals surface area contributed by atoms with Gasteiger partial charge in [0.1, 0.15) is 12.4 Å². The van der Waals surface area contributed by atoms with Crippen molar-refractivity contribution in [1.82, 2.24) is 5.32 Å². The lowest BCUT2D eigenvalue weighted by Gasteiger charge is -2.11. The Morgan fingerprint density at radius 2 is 1.81 bits per heavy atom. The molecule has 0 unspecified atom stereocenters. The second kappa shape index (κ2) is 10.4. The summed E-state index contributed by atoms with van der Waals surface area (Å²) in [5.41, 5.74) is 0.888. The number of rotatable bonds is 9. The van der Waals surface area contributed by atoms with Gasteiger partial charge in [-0.1, -0.05) is 33.8 Å². The summed E-state index contributed by atoms with van der Waals surface area (Å²) in [5.74, 6) is -0.793. The summed E-state index contributed by atoms with van der Waals surface area (Å²) in [6, 6.07) is 4.60. The van der Waals surface area contributed by atoms with E-state index in [1.165, 1.54) is 6.07 Å². The highest BCUT2D eigenvalue weighted by molar-refractivity contribution is 5.92. The van der Waals surface area contributed by atoms with Crippen LogP contribution in [-0.4, -0.2) is 29.4 Å². The minimum Gasteiger partial charge on any atom is -0.506 e. The van der Waals surface area contributed by atoms with E-state index in [4.69, 9.17) is 4.74 Å². The van der Waals surface area contributed by atoms with Gasteiger partial charge < -0.3 is 20.5 Å². The predicted octanol–water partition coefficient (Wildman–Crippen LogP) is 2.58. The van der Waals surface area contributed by atoms with E-state index in [0.717, 1.165) is 0 Å². The molecule has 0 heterocycles. The van der Waals surface area contributed by atoms with Crippen LogP contribution in [0.15, 0.2) is 18.2 Å². The molecule has 0 saturated heterocycles. The van der Waals surface area contributed by atoms with Gasteiger partial charge in [0.2, 0.25) is 11.8 Å². The molecule has 0 aliphatic rings. The Kier molecular flexibility index (Phi) is 8.61. The monoisotopic (exact) mass is 364 g/mol. The molecule has 0 fully saturated rings. The van der Waals surface area contributed by atoms with Crippen molar-refractivity contribution in [3.05, 3.63) is 23.8 Å². The van der Waals surface area contributed by atoms with Gasteiger partial charge in [0.25, 0.3) is 0 Å². The van der Waals surface area contributed by atoms with Crippen molar-refractivity contribution in [2.75, 3.05) is 11.9 Å². The number of aromatic hydroxyl groups is 1. The van der Waals surface area contributed by atoms with Crippen LogP contribution in [0.1, 0.15) is 46.1 Å². The molecule has 3 N–H and O–H groups in total. The van der Waals surface area contributed by atoms with Gasteiger partial charge in [-0.25, -0.2) is 0 Å². The van der Waals surface area contributed by atoms with Crippen molar-refractivity contribution in [1.29, 1.82) is 0 Å². The van der Waals surface area contributed by atoms with Gasteiger partial charge in [-0.05, 0) is 23.6 Å². The van der Waals surface area contributed by atoms with Crippen molar-refractivity contribution in [2.45, 2.75) is 47.1 Å². The van der Waals surface area contributed by atoms with Crippen LogP contribution in [0.25, 0.3) is 0 Å². The minimum absolute atomic E-state index is 0.0609. The lowest BCUT2D eigenvalue weighted by atomic mass is 10.1. The summed E-state index contributed by atoms with van der Waals surface area (Å²) in [6.45, 7) is 7.66. The molecule has 0 atom stereocenters. The van der Waals surface area contributed by atoms with Crippen molar-refractivity contribution >= 4 is 23.5 Å². The number of carbonyl (C=O) groups is 3. The van der Waals surface area contributed by atoms with Gasteiger partial charge in [-0.2, -0.15) is 0 Å². The summed E-state index contributed by atoms with van der Waals surface area (Å²) in [4.78, 5) is 35.0. The van der Waals surface area contributed by atoms with E-state index in [0.29, 0.717) is 12.0 Å². The zero-order valence-corrected chi connectivity index (χ0v) is 15.8. The van der Waals surface area contributed by atoms with E-state index in [2.05, 4.69) is 10.6 Å². The van der Waals surface area contributed by atoms with Gasteiger partial charge in [0.15, 0.2) is 0 Å². The molecule has 7 nitrogen and oxygen atoms in total. The molecule has 26 heavy (non-hydrogen) atoms. The highest BCUT2D eigenvalue weighted by Gasteiger charge is 2.11. The molecule has 0 aliphatic heterocycles. The smallest absolute Gasteiger partial charge is 0.308 e. The van der Waals surface area contributed by atoms with Gasteiger partial charge in [-0.15, -0.1) is 0 Å². The van der Waals surface area contributed by atoms with Crippen molar-refractivity contribution in [3.63, 3.8) is 0 Å². The van der Waals surface area contributed by atoms with Crippen LogP contribution in [0, 0.1) is 11.8 Å². The SMILES string of the molecule is CC(C)CC(=O)NCCC(=O)Nc1cc(COC(=O)C(C)C)ccc1O. The lowest BCUT2D eigenvalue weighted by molar-refractivity contribution is -0.148. The summed E-state index contributed by atoms with van der Waals surface area (Å²) in [7, 11) is 0. The quantitative estimate of drug-likeness (QED) is 0.461. The van der Waals surface area contributed by atoms with Crippen LogP contribution in [0.3, 0.4) is 0 Å². The molecule has 0 aliphatic carbocycles. The number of ether oxygens (including phenoxy) is 1. The minimum atomic E-state index is -0.332. The summed E-state index contributed by atoms with van der Waals surface area (Å²) < 4.78 is 5.13. The first kappa shape index (κ1) is 21.5. The fourth-order valence-electron chi connectivity index (χ4n) is 2.07. The summed E-state index contributed by atoms with van der Waals surface area (Å²) in [6.07, 6.45) is 0.509. The molecule has 1 aromatic rings. The zero-order chi connectivity index (χ0) is 19.7. The Bertz CT molecular complexity index is 641. The second-order valence-corrected chi connectivity index (χ2v) is 6.86. The molecule has 1 aromatic carbocycles. The number of carbonyl (C=O) groups excluding carboxylic acids is 3. The third-order valence-corrected chi connectivity index (χ3v) is 3.46. The van der Waals surface area contributed by atoms with E-state index in [9.17, 15) is 19.5 Å². The molecular formula is C19H28N2O5. The molecule has 2 amide bonds. The number of benzene rings is 1. The van der Waals surface area contributed by atoms with Gasteiger partial charge in [-0.3, -0.25) is 14.4 Å². The van der Waals surface area contributed by atoms with Crippen molar-refractivity contribution in [3.8, 4) is 5.75 Å². The molecule has 0 spiro atoms. The first-order valence-electron chi connectivity index (χ1n) is 8.74. The van der Waals surface area contributed by atoms with Crippen LogP contribution in [0.5, 0.6) is 5.75 Å². The van der Waals surface area contributed by atoms with Crippen LogP contribution in [0.4, 0.5) is 5.69 Å². The topological polar surface area (TPSA) is 105 Å². The van der Waals surface area contributed by atoms with Crippen LogP contribution in [0.2, 0.25) is 0 Å². The van der Waals surface area contributed by atoms with Crippen molar-refractivity contribution in [2.24, 2.45) is 11.8 Å². The first-order valence-corrected chi connectivity index (χ1v) is 8.74. The number of nitrogens with one attached hydrogen (secondary N) is 2. The lowest BCUT2D eigenvalue weighted by Crippen LogP contribution is -2.28. The van der Waals surface area contributed by atoms with E-state index >= 15 is 0 Å². The third-order valence-electron chi connectivity index (χ3n) is 3.46. The maximum Gasteiger partial charge on any atom is 0.308 e. The predicted molar refractivity (Wildman–Crippen MR) is 98.5 cm³/mol. The Morgan fingerprint density at radius 1 is 1.12 bits per heavy atom. The maximum absolute atomic E-state index is 12.0. The summed E-state index contributed by atoms with van der Waals surface area (Å²) >= 11 is 0. The zero-order valence-electron chi connectivity index (χ0n) is 15.8. The number of hydrogen-bond donors (Lipinski definition) is 3.